The number of hydrogen-bond donors (Lipinski definition) is 1. The summed E-state index contributed by atoms with van der Waals surface area (Å²) in [6.45, 7) is 49.5. The number of hydrogen-bond acceptors (Lipinski definition) is 13. The molecule has 9 aliphatic carbocycles. The average molecular weight is 1470 g/mol. The second kappa shape index (κ2) is 32.6. The Kier molecular flexibility index (Phi) is 24.5. The lowest BCUT2D eigenvalue weighted by atomic mass is 9.46. The van der Waals surface area contributed by atoms with Gasteiger partial charge >= 0.3 is 0 Å². The molecule has 106 heavy (non-hydrogen) atoms. The molecule has 0 amide bonds. The van der Waals surface area contributed by atoms with Gasteiger partial charge in [0.1, 0.15) is 6.29 Å². The number of carbonyl (C=O) groups excluding carboxylic acids is 1. The quantitative estimate of drug-likeness (QED) is 0.157. The van der Waals surface area contributed by atoms with Crippen molar-refractivity contribution < 1.29 is 33.2 Å². The van der Waals surface area contributed by atoms with Crippen LogP contribution in [0.25, 0.3) is 0 Å². The van der Waals surface area contributed by atoms with Gasteiger partial charge < -0.3 is 63.0 Å². The number of nitrogens with zero attached hydrogens (tertiary/aromatic N) is 5. The van der Waals surface area contributed by atoms with Gasteiger partial charge in [-0.15, -0.1) is 0 Å². The maximum atomic E-state index is 11.3. The number of allylic oxidation sites excluding steroid dienone is 3. The van der Waals surface area contributed by atoms with Crippen molar-refractivity contribution in [2.45, 2.75) is 310 Å². The highest BCUT2D eigenvalue weighted by Gasteiger charge is 2.64. The van der Waals surface area contributed by atoms with Crippen molar-refractivity contribution in [3.05, 3.63) is 36.5 Å². The fourth-order valence-corrected chi connectivity index (χ4v) is 29.0. The van der Waals surface area contributed by atoms with Crippen LogP contribution < -0.4 is 5.32 Å². The van der Waals surface area contributed by atoms with Crippen molar-refractivity contribution in [3.63, 3.8) is 0 Å². The van der Waals surface area contributed by atoms with E-state index in [4.69, 9.17) is 28.4 Å². The molecule has 13 nitrogen and oxygen atoms in total. The van der Waals surface area contributed by atoms with E-state index < -0.39 is 0 Å². The number of fused-ring (bicyclic) bond motifs is 9. The number of nitrogens with one attached hydrogen (secondary N) is 1. The van der Waals surface area contributed by atoms with Crippen molar-refractivity contribution in [1.29, 1.82) is 0 Å². The summed E-state index contributed by atoms with van der Waals surface area (Å²) < 4.78 is 39.6. The normalized spacial score (nSPS) is 44.3. The molecule has 0 aromatic rings. The molecule has 9 aliphatic heterocycles. The Hall–Kier alpha value is -1.59. The van der Waals surface area contributed by atoms with Gasteiger partial charge in [0.2, 0.25) is 0 Å². The number of carbonyl (C=O) groups is 1. The van der Waals surface area contributed by atoms with E-state index >= 15 is 0 Å². The Morgan fingerprint density at radius 1 is 0.396 bits per heavy atom. The molecule has 0 aromatic heterocycles. The van der Waals surface area contributed by atoms with Crippen LogP contribution in [0.15, 0.2) is 36.5 Å². The Labute approximate surface area is 646 Å². The molecule has 18 rings (SSSR count). The standard InChI is InChI=1S/2C31H52N2O2.C22H34O3.C9H18N2/c2*1-23-9-10-26-29(2,13-11-27-30(26,3)22-34-28(35-27)24-7-5-6-8-24)25(23)12-17-33-20-16-31(21-33)14-18-32(4)19-15-31;1-15-8-9-18-21(2,17(15)11-13-23)12-10-19-22(18,3)14-24-20(25-19)16-6-4-5-7-16;1-11-6-3-9(4-7-11)2-5-10-8-9/h2*24-28H,1,5-22H2,2-4H3;13,16-20H,1,4-12,14H2,2-3H3;10H,2-8H2,1H3/t2*25-,26?,27-,28-,29+,30+;17-,18?,19-,20-,21+,22+;/m111./s1. The molecule has 9 heterocycles. The Morgan fingerprint density at radius 3 is 1.05 bits per heavy atom. The molecule has 0 bridgehead atoms. The molecular formula is C93H156N6O7. The fourth-order valence-electron chi connectivity index (χ4n) is 29.0. The minimum atomic E-state index is 0.0225. The van der Waals surface area contributed by atoms with E-state index in [1.54, 1.807) is 11.1 Å². The second-order valence-electron chi connectivity index (χ2n) is 42.5. The average Bonchev–Trinajstić information content (AvgIpc) is 1.06. The maximum Gasteiger partial charge on any atom is 0.160 e. The smallest absolute Gasteiger partial charge is 0.160 e. The molecule has 9 saturated heterocycles. The summed E-state index contributed by atoms with van der Waals surface area (Å²) in [5.74, 6) is 5.45. The second-order valence-corrected chi connectivity index (χ2v) is 42.5. The number of rotatable bonds is 11. The third-order valence-corrected chi connectivity index (χ3v) is 36.2. The van der Waals surface area contributed by atoms with Gasteiger partial charge in [0.15, 0.2) is 18.9 Å². The van der Waals surface area contributed by atoms with Crippen molar-refractivity contribution in [1.82, 2.24) is 29.8 Å². The van der Waals surface area contributed by atoms with Crippen molar-refractivity contribution in [2.24, 2.45) is 102 Å². The van der Waals surface area contributed by atoms with Crippen LogP contribution in [-0.4, -0.2) is 201 Å². The summed E-state index contributed by atoms with van der Waals surface area (Å²) >= 11 is 0. The third kappa shape index (κ3) is 15.8. The summed E-state index contributed by atoms with van der Waals surface area (Å²) in [5, 5.41) is 3.48. The zero-order valence-corrected chi connectivity index (χ0v) is 69.4. The van der Waals surface area contributed by atoms with E-state index in [1.165, 1.54) is 303 Å². The maximum absolute atomic E-state index is 11.3. The van der Waals surface area contributed by atoms with E-state index in [-0.39, 0.29) is 40.5 Å². The van der Waals surface area contributed by atoms with Gasteiger partial charge in [-0.25, -0.2) is 0 Å². The number of aldehydes is 1. The largest absolute Gasteiger partial charge is 0.352 e. The molecule has 18 atom stereocenters. The molecule has 600 valence electrons. The minimum absolute atomic E-state index is 0.0225. The lowest BCUT2D eigenvalue weighted by Crippen LogP contribution is -2.62. The van der Waals surface area contributed by atoms with Gasteiger partial charge in [0.25, 0.3) is 0 Å². The monoisotopic (exact) mass is 1470 g/mol. The van der Waals surface area contributed by atoms with Crippen LogP contribution in [0.4, 0.5) is 0 Å². The summed E-state index contributed by atoms with van der Waals surface area (Å²) in [6.07, 6.45) is 48.5. The summed E-state index contributed by atoms with van der Waals surface area (Å²) in [7, 11) is 6.81. The van der Waals surface area contributed by atoms with Crippen LogP contribution in [0.1, 0.15) is 273 Å². The number of ether oxygens (including phenoxy) is 6. The van der Waals surface area contributed by atoms with Gasteiger partial charge in [0.05, 0.1) is 38.1 Å². The van der Waals surface area contributed by atoms with Crippen LogP contribution in [0.2, 0.25) is 0 Å². The van der Waals surface area contributed by atoms with Crippen molar-refractivity contribution in [3.8, 4) is 0 Å². The highest BCUT2D eigenvalue weighted by atomic mass is 16.7. The SMILES string of the molecule is C=C1CCC2[C@]3(C)CO[C@@H](C4CCCC4)O[C@@H]3CC[C@@]2(C)[C@@H]1CC=O.C=C1CCC2[C@]3(C)CO[C@@H](C4CCCC4)O[C@@H]3CC[C@@]2(C)[C@@H]1CCN1CCC2(CCN(C)CC2)C1.C=C1CCC2[C@]3(C)CO[C@@H](C4CCCC4)O[C@@H]3CC[C@@]2(C)[C@@H]1CCN1CCC2(CCN(C)CC2)C1.CN1CCC2(CCNC2)CC1. The first-order valence-electron chi connectivity index (χ1n) is 45.4. The molecule has 13 heteroatoms. The Balaban J connectivity index is 0.000000120. The highest BCUT2D eigenvalue weighted by molar-refractivity contribution is 5.51. The predicted octanol–water partition coefficient (Wildman–Crippen LogP) is 17.8. The summed E-state index contributed by atoms with van der Waals surface area (Å²) in [4.78, 5) is 24.4. The van der Waals surface area contributed by atoms with Crippen LogP contribution in [0.5, 0.6) is 0 Å². The first kappa shape index (κ1) is 79.6. The van der Waals surface area contributed by atoms with Crippen LogP contribution >= 0.6 is 0 Å². The lowest BCUT2D eigenvalue weighted by molar-refractivity contribution is -0.316. The molecule has 9 saturated carbocycles. The van der Waals surface area contributed by atoms with Gasteiger partial charge in [-0.1, -0.05) is 117 Å². The van der Waals surface area contributed by atoms with Gasteiger partial charge in [0, 0.05) is 60.1 Å². The summed E-state index contributed by atoms with van der Waals surface area (Å²) in [6, 6.07) is 0. The van der Waals surface area contributed by atoms with Crippen molar-refractivity contribution >= 4 is 6.29 Å². The topological polar surface area (TPSA) is 101 Å². The molecule has 0 radical (unpaired) electrons. The molecule has 18 fully saturated rings. The van der Waals surface area contributed by atoms with Crippen LogP contribution in [0.3, 0.4) is 0 Å². The Morgan fingerprint density at radius 2 is 0.717 bits per heavy atom. The van der Waals surface area contributed by atoms with Crippen molar-refractivity contribution in [2.75, 3.05) is 133 Å². The van der Waals surface area contributed by atoms with E-state index in [9.17, 15) is 4.79 Å². The van der Waals surface area contributed by atoms with Gasteiger partial charge in [-0.05, 0) is 347 Å². The summed E-state index contributed by atoms with van der Waals surface area (Å²) in [5.41, 5.74) is 7.54. The van der Waals surface area contributed by atoms with Crippen LogP contribution in [-0.2, 0) is 33.2 Å². The fraction of sp³-hybridized carbons (Fsp3) is 0.925. The molecule has 3 spiro atoms. The van der Waals surface area contributed by atoms with Gasteiger partial charge in [-0.2, -0.15) is 0 Å². The van der Waals surface area contributed by atoms with E-state index in [2.05, 4.69) is 112 Å². The van der Waals surface area contributed by atoms with Gasteiger partial charge in [-0.3, -0.25) is 0 Å². The molecule has 18 aliphatic rings. The van der Waals surface area contributed by atoms with E-state index in [0.29, 0.717) is 105 Å². The lowest BCUT2D eigenvalue weighted by Gasteiger charge is -2.63. The number of piperidine rings is 3. The van der Waals surface area contributed by atoms with E-state index in [0.717, 1.165) is 45.4 Å². The Bertz CT molecular complexity index is 2840. The third-order valence-electron chi connectivity index (χ3n) is 36.2. The first-order chi connectivity index (χ1) is 50.9. The molecular weight excluding hydrogens is 1310 g/mol. The molecule has 1 N–H and O–H groups in total. The van der Waals surface area contributed by atoms with Crippen LogP contribution in [0, 0.1) is 102 Å². The molecule has 3 unspecified atom stereocenters. The minimum Gasteiger partial charge on any atom is -0.352 e. The van der Waals surface area contributed by atoms with E-state index in [1.807, 2.05) is 0 Å². The number of likely N-dealkylation sites (tertiary alicyclic amines) is 5. The highest BCUT2D eigenvalue weighted by Crippen LogP contribution is 2.67. The molecule has 0 aromatic carbocycles. The first-order valence-corrected chi connectivity index (χ1v) is 45.4. The predicted molar refractivity (Wildman–Crippen MR) is 429 cm³/mol. The zero-order chi connectivity index (χ0) is 73.9. The zero-order valence-electron chi connectivity index (χ0n) is 69.4.